The van der Waals surface area contributed by atoms with Gasteiger partial charge in [-0.3, -0.25) is 0 Å². The number of H-pyrrole nitrogens is 1. The molecule has 2 N–H and O–H groups in total. The first-order valence-corrected chi connectivity index (χ1v) is 7.24. The van der Waals surface area contributed by atoms with E-state index in [1.807, 2.05) is 24.3 Å². The van der Waals surface area contributed by atoms with Gasteiger partial charge in [0.05, 0.1) is 0 Å². The number of nitrogens with one attached hydrogen (secondary N) is 2. The molecule has 0 spiro atoms. The second-order valence-corrected chi connectivity index (χ2v) is 6.24. The van der Waals surface area contributed by atoms with E-state index in [-0.39, 0.29) is 5.41 Å². The van der Waals surface area contributed by atoms with Crippen LogP contribution in [0.1, 0.15) is 26.3 Å². The maximum atomic E-state index is 4.06. The number of nitrogens with zero attached hydrogens (tertiary/aromatic N) is 3. The fraction of sp³-hybridized carbons (Fsp3) is 0.235. The van der Waals surface area contributed by atoms with Crippen molar-refractivity contribution in [2.45, 2.75) is 26.2 Å². The number of tetrazole rings is 1. The molecule has 0 aliphatic carbocycles. The minimum absolute atomic E-state index is 0.116. The van der Waals surface area contributed by atoms with Crippen molar-refractivity contribution in [3.8, 4) is 11.4 Å². The highest BCUT2D eigenvalue weighted by molar-refractivity contribution is 5.77. The topological polar surface area (TPSA) is 66.5 Å². The first-order valence-electron chi connectivity index (χ1n) is 7.24. The zero-order valence-corrected chi connectivity index (χ0v) is 13.0. The number of para-hydroxylation sites is 1. The summed E-state index contributed by atoms with van der Waals surface area (Å²) in [4.78, 5) is 0. The van der Waals surface area contributed by atoms with Crippen LogP contribution in [0.3, 0.4) is 0 Å². The number of rotatable bonds is 3. The van der Waals surface area contributed by atoms with Gasteiger partial charge in [0.25, 0.3) is 0 Å². The molecule has 5 nitrogen and oxygen atoms in total. The van der Waals surface area contributed by atoms with Gasteiger partial charge in [-0.25, -0.2) is 0 Å². The lowest BCUT2D eigenvalue weighted by atomic mass is 9.87. The Hall–Kier alpha value is -2.69. The van der Waals surface area contributed by atoms with Gasteiger partial charge in [-0.1, -0.05) is 45.0 Å². The molecule has 3 aromatic rings. The van der Waals surface area contributed by atoms with E-state index < -0.39 is 0 Å². The van der Waals surface area contributed by atoms with Crippen LogP contribution in [0.25, 0.3) is 11.4 Å². The first-order chi connectivity index (χ1) is 10.5. The molecular formula is C17H19N5. The molecule has 0 atom stereocenters. The second-order valence-electron chi connectivity index (χ2n) is 6.24. The van der Waals surface area contributed by atoms with Crippen LogP contribution in [0.5, 0.6) is 0 Å². The fourth-order valence-corrected chi connectivity index (χ4v) is 2.28. The van der Waals surface area contributed by atoms with E-state index in [9.17, 15) is 0 Å². The Bertz CT molecular complexity index is 757. The van der Waals surface area contributed by atoms with Gasteiger partial charge in [-0.2, -0.15) is 5.21 Å². The van der Waals surface area contributed by atoms with E-state index >= 15 is 0 Å². The molecule has 22 heavy (non-hydrogen) atoms. The van der Waals surface area contributed by atoms with Gasteiger partial charge < -0.3 is 5.32 Å². The molecule has 5 heteroatoms. The zero-order valence-electron chi connectivity index (χ0n) is 13.0. The van der Waals surface area contributed by atoms with Crippen LogP contribution in [0.15, 0.2) is 48.5 Å². The average Bonchev–Trinajstić information content (AvgIpc) is 3.01. The minimum atomic E-state index is 0.116. The van der Waals surface area contributed by atoms with Crippen molar-refractivity contribution in [3.63, 3.8) is 0 Å². The second kappa shape index (κ2) is 5.60. The van der Waals surface area contributed by atoms with Crippen molar-refractivity contribution in [1.29, 1.82) is 0 Å². The summed E-state index contributed by atoms with van der Waals surface area (Å²) >= 11 is 0. The molecular weight excluding hydrogens is 274 g/mol. The fourth-order valence-electron chi connectivity index (χ4n) is 2.28. The number of aromatic nitrogens is 4. The summed E-state index contributed by atoms with van der Waals surface area (Å²) in [6.07, 6.45) is 0. The van der Waals surface area contributed by atoms with E-state index in [0.29, 0.717) is 5.82 Å². The third kappa shape index (κ3) is 2.98. The standard InChI is InChI=1S/C17H19N5/c1-17(2,3)12-7-6-8-13(11-12)18-15-10-5-4-9-14(15)16-19-21-22-20-16/h4-11,18H,1-3H3,(H,19,20,21,22). The highest BCUT2D eigenvalue weighted by atomic mass is 15.5. The van der Waals surface area contributed by atoms with Gasteiger partial charge in [0.15, 0.2) is 0 Å². The average molecular weight is 293 g/mol. The lowest BCUT2D eigenvalue weighted by molar-refractivity contribution is 0.590. The molecule has 0 unspecified atom stereocenters. The molecule has 0 radical (unpaired) electrons. The van der Waals surface area contributed by atoms with Gasteiger partial charge >= 0.3 is 0 Å². The largest absolute Gasteiger partial charge is 0.355 e. The normalized spacial score (nSPS) is 11.4. The molecule has 1 aromatic heterocycles. The minimum Gasteiger partial charge on any atom is -0.355 e. The molecule has 0 amide bonds. The SMILES string of the molecule is CC(C)(C)c1cccc(Nc2ccccc2-c2nn[nH]n2)c1. The molecule has 3 rings (SSSR count). The van der Waals surface area contributed by atoms with E-state index in [1.54, 1.807) is 0 Å². The molecule has 2 aromatic carbocycles. The third-order valence-corrected chi connectivity index (χ3v) is 3.52. The highest BCUT2D eigenvalue weighted by Crippen LogP contribution is 2.30. The Morgan fingerprint density at radius 3 is 2.55 bits per heavy atom. The molecule has 0 aliphatic rings. The maximum Gasteiger partial charge on any atom is 0.206 e. The smallest absolute Gasteiger partial charge is 0.206 e. The van der Waals surface area contributed by atoms with Crippen molar-refractivity contribution >= 4 is 11.4 Å². The van der Waals surface area contributed by atoms with E-state index in [0.717, 1.165) is 16.9 Å². The number of benzene rings is 2. The summed E-state index contributed by atoms with van der Waals surface area (Å²) in [7, 11) is 0. The van der Waals surface area contributed by atoms with Gasteiger partial charge in [0.2, 0.25) is 5.82 Å². The van der Waals surface area contributed by atoms with Crippen molar-refractivity contribution in [2.24, 2.45) is 0 Å². The Balaban J connectivity index is 1.95. The van der Waals surface area contributed by atoms with Crippen LogP contribution in [0.4, 0.5) is 11.4 Å². The van der Waals surface area contributed by atoms with Crippen LogP contribution >= 0.6 is 0 Å². The van der Waals surface area contributed by atoms with Crippen molar-refractivity contribution in [2.75, 3.05) is 5.32 Å². The number of aromatic amines is 1. The number of hydrogen-bond donors (Lipinski definition) is 2. The Kier molecular flexibility index (Phi) is 3.63. The van der Waals surface area contributed by atoms with E-state index in [2.05, 4.69) is 71.0 Å². The van der Waals surface area contributed by atoms with Gasteiger partial charge in [-0.15, -0.1) is 10.2 Å². The molecule has 0 saturated carbocycles. The van der Waals surface area contributed by atoms with Gasteiger partial charge in [-0.05, 0) is 40.5 Å². The molecule has 112 valence electrons. The summed E-state index contributed by atoms with van der Waals surface area (Å²) in [5, 5.41) is 17.7. The van der Waals surface area contributed by atoms with E-state index in [1.165, 1.54) is 5.56 Å². The molecule has 1 heterocycles. The summed E-state index contributed by atoms with van der Waals surface area (Å²) in [6.45, 7) is 6.62. The van der Waals surface area contributed by atoms with Crippen LogP contribution in [-0.4, -0.2) is 20.6 Å². The Morgan fingerprint density at radius 2 is 1.82 bits per heavy atom. The first kappa shape index (κ1) is 14.3. The quantitative estimate of drug-likeness (QED) is 0.768. The Morgan fingerprint density at radius 1 is 1.00 bits per heavy atom. The van der Waals surface area contributed by atoms with Gasteiger partial charge in [0.1, 0.15) is 0 Å². The molecule has 0 aliphatic heterocycles. The van der Waals surface area contributed by atoms with Crippen LogP contribution in [0.2, 0.25) is 0 Å². The van der Waals surface area contributed by atoms with Crippen LogP contribution in [-0.2, 0) is 5.41 Å². The molecule has 0 fully saturated rings. The lowest BCUT2D eigenvalue weighted by Gasteiger charge is -2.20. The van der Waals surface area contributed by atoms with Crippen molar-refractivity contribution in [1.82, 2.24) is 20.6 Å². The summed E-state index contributed by atoms with van der Waals surface area (Å²) in [6, 6.07) is 16.4. The van der Waals surface area contributed by atoms with Crippen LogP contribution in [0, 0.1) is 0 Å². The number of hydrogen-bond acceptors (Lipinski definition) is 4. The van der Waals surface area contributed by atoms with Gasteiger partial charge in [0, 0.05) is 16.9 Å². The molecule has 0 saturated heterocycles. The third-order valence-electron chi connectivity index (χ3n) is 3.52. The highest BCUT2D eigenvalue weighted by Gasteiger charge is 2.14. The van der Waals surface area contributed by atoms with Crippen molar-refractivity contribution in [3.05, 3.63) is 54.1 Å². The number of anilines is 2. The maximum absolute atomic E-state index is 4.06. The molecule has 0 bridgehead atoms. The van der Waals surface area contributed by atoms with Crippen LogP contribution < -0.4 is 5.32 Å². The summed E-state index contributed by atoms with van der Waals surface area (Å²) < 4.78 is 0. The predicted molar refractivity (Wildman–Crippen MR) is 88.0 cm³/mol. The lowest BCUT2D eigenvalue weighted by Crippen LogP contribution is -2.11. The monoisotopic (exact) mass is 293 g/mol. The van der Waals surface area contributed by atoms with Crippen molar-refractivity contribution < 1.29 is 0 Å². The summed E-state index contributed by atoms with van der Waals surface area (Å²) in [5.74, 6) is 0.579. The summed E-state index contributed by atoms with van der Waals surface area (Å²) in [5.41, 5.74) is 4.32. The Labute approximate surface area is 129 Å². The predicted octanol–water partition coefficient (Wildman–Crippen LogP) is 3.91. The zero-order chi connectivity index (χ0) is 15.6. The van der Waals surface area contributed by atoms with E-state index in [4.69, 9.17) is 0 Å².